The average Bonchev–Trinajstić information content (AvgIpc) is 2.61. The van der Waals surface area contributed by atoms with Crippen LogP contribution in [0, 0.1) is 0 Å². The molecule has 2 rings (SSSR count). The van der Waals surface area contributed by atoms with E-state index in [0.29, 0.717) is 22.9 Å². The number of methoxy groups -OCH3 is 1. The van der Waals surface area contributed by atoms with Gasteiger partial charge in [0.2, 0.25) is 5.95 Å². The summed E-state index contributed by atoms with van der Waals surface area (Å²) in [6.07, 6.45) is 1.43. The maximum Gasteiger partial charge on any atom is 0.222 e. The molecule has 0 aliphatic carbocycles. The van der Waals surface area contributed by atoms with Crippen LogP contribution >= 0.6 is 0 Å². The molecule has 25 heavy (non-hydrogen) atoms. The van der Waals surface area contributed by atoms with Crippen LogP contribution in [0.3, 0.4) is 0 Å². The molecular weight excluding hydrogens is 318 g/mol. The van der Waals surface area contributed by atoms with E-state index in [0.717, 1.165) is 5.56 Å². The van der Waals surface area contributed by atoms with Crippen LogP contribution < -0.4 is 26.7 Å². The van der Waals surface area contributed by atoms with Gasteiger partial charge < -0.3 is 26.7 Å². The number of benzene rings is 1. The topological polar surface area (TPSA) is 122 Å². The number of nitrogens with two attached hydrogens (primary N) is 3. The SMILES string of the molecule is CC.CC.COc1cc(C(C)C)c(Oc2cnc(N)nc2N)cc1N. The van der Waals surface area contributed by atoms with Gasteiger partial charge in [-0.25, -0.2) is 4.98 Å². The van der Waals surface area contributed by atoms with Crippen LogP contribution in [0.2, 0.25) is 0 Å². The first-order chi connectivity index (χ1) is 11.9. The second-order valence-corrected chi connectivity index (χ2v) is 4.87. The van der Waals surface area contributed by atoms with Crippen molar-refractivity contribution < 1.29 is 9.47 Å². The van der Waals surface area contributed by atoms with Gasteiger partial charge in [0.25, 0.3) is 0 Å². The molecule has 0 atom stereocenters. The molecule has 0 spiro atoms. The van der Waals surface area contributed by atoms with Crippen molar-refractivity contribution >= 4 is 17.5 Å². The Balaban J connectivity index is 0.00000134. The molecule has 0 aliphatic rings. The van der Waals surface area contributed by atoms with E-state index in [1.54, 1.807) is 13.2 Å². The molecule has 7 heteroatoms. The van der Waals surface area contributed by atoms with E-state index in [9.17, 15) is 0 Å². The van der Waals surface area contributed by atoms with Crippen LogP contribution in [-0.4, -0.2) is 17.1 Å². The lowest BCUT2D eigenvalue weighted by Crippen LogP contribution is -2.03. The van der Waals surface area contributed by atoms with Crippen molar-refractivity contribution in [1.29, 1.82) is 0 Å². The first-order valence-electron chi connectivity index (χ1n) is 8.45. The van der Waals surface area contributed by atoms with E-state index in [1.807, 2.05) is 47.6 Å². The molecule has 0 radical (unpaired) electrons. The number of ether oxygens (including phenoxy) is 2. The molecule has 0 saturated heterocycles. The number of hydrogen-bond acceptors (Lipinski definition) is 7. The lowest BCUT2D eigenvalue weighted by atomic mass is 10.0. The van der Waals surface area contributed by atoms with Gasteiger partial charge in [0.05, 0.1) is 19.0 Å². The summed E-state index contributed by atoms with van der Waals surface area (Å²) in [6.45, 7) is 12.1. The van der Waals surface area contributed by atoms with Gasteiger partial charge in [-0.15, -0.1) is 0 Å². The summed E-state index contributed by atoms with van der Waals surface area (Å²) >= 11 is 0. The highest BCUT2D eigenvalue weighted by atomic mass is 16.5. The summed E-state index contributed by atoms with van der Waals surface area (Å²) in [5, 5.41) is 0. The minimum atomic E-state index is 0.0955. The molecule has 2 aromatic rings. The van der Waals surface area contributed by atoms with Crippen LogP contribution in [0.15, 0.2) is 18.3 Å². The van der Waals surface area contributed by atoms with E-state index >= 15 is 0 Å². The summed E-state index contributed by atoms with van der Waals surface area (Å²) in [5.74, 6) is 2.00. The predicted octanol–water partition coefficient (Wildman–Crippen LogP) is 4.20. The fourth-order valence-electron chi connectivity index (χ4n) is 1.90. The summed E-state index contributed by atoms with van der Waals surface area (Å²) < 4.78 is 11.0. The molecule has 0 aliphatic heterocycles. The van der Waals surface area contributed by atoms with Crippen LogP contribution in [0.1, 0.15) is 53.0 Å². The highest BCUT2D eigenvalue weighted by molar-refractivity contribution is 5.61. The zero-order valence-electron chi connectivity index (χ0n) is 16.3. The number of rotatable bonds is 4. The van der Waals surface area contributed by atoms with Gasteiger partial charge >= 0.3 is 0 Å². The maximum atomic E-state index is 5.93. The Morgan fingerprint density at radius 2 is 1.52 bits per heavy atom. The van der Waals surface area contributed by atoms with Gasteiger partial charge in [0, 0.05) is 11.6 Å². The Bertz CT molecular complexity index is 660. The third-order valence-electron chi connectivity index (χ3n) is 3.01. The number of aromatic nitrogens is 2. The smallest absolute Gasteiger partial charge is 0.222 e. The van der Waals surface area contributed by atoms with Crippen molar-refractivity contribution in [3.63, 3.8) is 0 Å². The Morgan fingerprint density at radius 1 is 0.920 bits per heavy atom. The van der Waals surface area contributed by atoms with Gasteiger partial charge in [0.1, 0.15) is 11.5 Å². The molecule has 0 unspecified atom stereocenters. The molecule has 1 aromatic carbocycles. The summed E-state index contributed by atoms with van der Waals surface area (Å²) in [4.78, 5) is 7.74. The fraction of sp³-hybridized carbons (Fsp3) is 0.444. The highest BCUT2D eigenvalue weighted by Crippen LogP contribution is 2.38. The van der Waals surface area contributed by atoms with Gasteiger partial charge in [-0.1, -0.05) is 41.5 Å². The van der Waals surface area contributed by atoms with Crippen molar-refractivity contribution in [3.05, 3.63) is 23.9 Å². The molecule has 0 amide bonds. The van der Waals surface area contributed by atoms with Crippen molar-refractivity contribution in [2.24, 2.45) is 0 Å². The highest BCUT2D eigenvalue weighted by Gasteiger charge is 2.15. The van der Waals surface area contributed by atoms with Crippen molar-refractivity contribution in [2.45, 2.75) is 47.5 Å². The largest absolute Gasteiger partial charge is 0.495 e. The fourth-order valence-corrected chi connectivity index (χ4v) is 1.90. The molecule has 0 bridgehead atoms. The summed E-state index contributed by atoms with van der Waals surface area (Å²) in [7, 11) is 1.57. The number of anilines is 3. The lowest BCUT2D eigenvalue weighted by Gasteiger charge is -2.17. The Kier molecular flexibility index (Phi) is 9.78. The molecule has 6 N–H and O–H groups in total. The Labute approximate surface area is 150 Å². The number of nitrogens with zero attached hydrogens (tertiary/aromatic N) is 2. The molecule has 7 nitrogen and oxygen atoms in total. The van der Waals surface area contributed by atoms with Crippen molar-refractivity contribution in [1.82, 2.24) is 9.97 Å². The van der Waals surface area contributed by atoms with Crippen LogP contribution in [0.4, 0.5) is 17.5 Å². The van der Waals surface area contributed by atoms with E-state index in [1.165, 1.54) is 6.20 Å². The standard InChI is InChI=1S/C14H19N5O2.2C2H6/c1-7(2)8-4-11(20-3)9(15)5-10(8)21-12-6-18-14(17)19-13(12)16;2*1-2/h4-7H,15H2,1-3H3,(H4,16,17,18,19);2*1-2H3. The van der Waals surface area contributed by atoms with Crippen molar-refractivity contribution in [3.8, 4) is 17.2 Å². The molecule has 1 aromatic heterocycles. The van der Waals surface area contributed by atoms with E-state index in [4.69, 9.17) is 26.7 Å². The van der Waals surface area contributed by atoms with Gasteiger partial charge in [-0.2, -0.15) is 4.98 Å². The zero-order chi connectivity index (χ0) is 19.6. The first kappa shape index (κ1) is 22.3. The third-order valence-corrected chi connectivity index (χ3v) is 3.01. The van der Waals surface area contributed by atoms with Gasteiger partial charge in [-0.05, 0) is 12.0 Å². The van der Waals surface area contributed by atoms with Crippen LogP contribution in [0.25, 0.3) is 0 Å². The second kappa shape index (κ2) is 11.0. The minimum absolute atomic E-state index is 0.0955. The molecular formula is C18H31N5O2. The molecule has 1 heterocycles. The Hall–Kier alpha value is -2.70. The summed E-state index contributed by atoms with van der Waals surface area (Å²) in [6, 6.07) is 3.55. The summed E-state index contributed by atoms with van der Waals surface area (Å²) in [5.41, 5.74) is 18.6. The quantitative estimate of drug-likeness (QED) is 0.707. The molecule has 0 saturated carbocycles. The minimum Gasteiger partial charge on any atom is -0.495 e. The first-order valence-corrected chi connectivity index (χ1v) is 8.45. The lowest BCUT2D eigenvalue weighted by molar-refractivity contribution is 0.413. The Morgan fingerprint density at radius 3 is 2.00 bits per heavy atom. The predicted molar refractivity (Wildman–Crippen MR) is 105 cm³/mol. The molecule has 140 valence electrons. The average molecular weight is 349 g/mol. The van der Waals surface area contributed by atoms with Crippen LogP contribution in [0.5, 0.6) is 17.2 Å². The third kappa shape index (κ3) is 6.02. The van der Waals surface area contributed by atoms with Gasteiger partial charge in [0.15, 0.2) is 11.6 Å². The monoisotopic (exact) mass is 349 g/mol. The van der Waals surface area contributed by atoms with Crippen LogP contribution in [-0.2, 0) is 0 Å². The van der Waals surface area contributed by atoms with E-state index in [-0.39, 0.29) is 17.7 Å². The molecule has 0 fully saturated rings. The zero-order valence-corrected chi connectivity index (χ0v) is 16.3. The van der Waals surface area contributed by atoms with E-state index in [2.05, 4.69) is 9.97 Å². The number of hydrogen-bond donors (Lipinski definition) is 3. The van der Waals surface area contributed by atoms with Gasteiger partial charge in [-0.3, -0.25) is 0 Å². The number of nitrogen functional groups attached to an aromatic ring is 3. The van der Waals surface area contributed by atoms with E-state index < -0.39 is 0 Å². The second-order valence-electron chi connectivity index (χ2n) is 4.87. The van der Waals surface area contributed by atoms with Crippen molar-refractivity contribution in [2.75, 3.05) is 24.3 Å². The maximum absolute atomic E-state index is 5.93. The normalized spacial score (nSPS) is 9.44.